The molecule has 0 bridgehead atoms. The van der Waals surface area contributed by atoms with Crippen LogP contribution in [-0.2, 0) is 11.3 Å². The van der Waals surface area contributed by atoms with Crippen LogP contribution in [0.3, 0.4) is 0 Å². The molecule has 0 spiro atoms. The van der Waals surface area contributed by atoms with E-state index in [2.05, 4.69) is 20.7 Å². The highest BCUT2D eigenvalue weighted by Crippen LogP contribution is 2.19. The molecule has 0 radical (unpaired) electrons. The number of hydrogen-bond acceptors (Lipinski definition) is 6. The Balaban J connectivity index is 1.62. The van der Waals surface area contributed by atoms with Crippen LogP contribution in [0.5, 0.6) is 5.75 Å². The number of nitrogens with zero attached hydrogens (tertiary/aromatic N) is 4. The Hall–Kier alpha value is -2.74. The summed E-state index contributed by atoms with van der Waals surface area (Å²) in [7, 11) is 0. The lowest BCUT2D eigenvalue weighted by Crippen LogP contribution is -2.20. The van der Waals surface area contributed by atoms with E-state index in [0.29, 0.717) is 23.9 Å². The van der Waals surface area contributed by atoms with Gasteiger partial charge in [0.2, 0.25) is 11.7 Å². The average Bonchev–Trinajstić information content (AvgIpc) is 3.18. The molecule has 2 aromatic heterocycles. The molecular formula is C15H15N5O2S. The summed E-state index contributed by atoms with van der Waals surface area (Å²) < 4.78 is 5.40. The molecule has 118 valence electrons. The molecular weight excluding hydrogens is 314 g/mol. The lowest BCUT2D eigenvalue weighted by Gasteiger charge is -2.07. The molecule has 8 heteroatoms. The largest absolute Gasteiger partial charge is 0.494 e. The van der Waals surface area contributed by atoms with Gasteiger partial charge in [0.05, 0.1) is 11.5 Å². The highest BCUT2D eigenvalue weighted by atomic mass is 32.1. The van der Waals surface area contributed by atoms with Gasteiger partial charge in [-0.1, -0.05) is 12.1 Å². The molecule has 1 N–H and O–H groups in total. The molecule has 23 heavy (non-hydrogen) atoms. The van der Waals surface area contributed by atoms with Crippen LogP contribution >= 0.6 is 11.3 Å². The zero-order valence-electron chi connectivity index (χ0n) is 12.5. The number of aromatic nitrogens is 4. The molecule has 0 aliphatic carbocycles. The summed E-state index contributed by atoms with van der Waals surface area (Å²) in [6, 6.07) is 11.1. The van der Waals surface area contributed by atoms with E-state index in [4.69, 9.17) is 4.74 Å². The summed E-state index contributed by atoms with van der Waals surface area (Å²) in [5, 5.41) is 16.8. The van der Waals surface area contributed by atoms with Gasteiger partial charge < -0.3 is 10.1 Å². The molecule has 0 saturated heterocycles. The van der Waals surface area contributed by atoms with Crippen LogP contribution in [-0.4, -0.2) is 32.7 Å². The third-order valence-electron chi connectivity index (χ3n) is 2.91. The number of carbonyl (C=O) groups is 1. The fraction of sp³-hybridized carbons (Fsp3) is 0.200. The van der Waals surface area contributed by atoms with E-state index in [1.54, 1.807) is 12.1 Å². The molecule has 1 amide bonds. The lowest BCUT2D eigenvalue weighted by atomic mass is 10.3. The van der Waals surface area contributed by atoms with Crippen molar-refractivity contribution in [2.45, 2.75) is 13.5 Å². The number of anilines is 1. The fourth-order valence-corrected chi connectivity index (χ4v) is 2.62. The van der Waals surface area contributed by atoms with Crippen LogP contribution < -0.4 is 10.1 Å². The SMILES string of the molecule is CCOc1cccc(NC(=O)Cn2nnc(-c3cccs3)n2)c1. The quantitative estimate of drug-likeness (QED) is 0.751. The zero-order valence-corrected chi connectivity index (χ0v) is 13.3. The van der Waals surface area contributed by atoms with Gasteiger partial charge in [-0.3, -0.25) is 4.79 Å². The Morgan fingerprint density at radius 3 is 3.04 bits per heavy atom. The van der Waals surface area contributed by atoms with Crippen molar-refractivity contribution < 1.29 is 9.53 Å². The normalized spacial score (nSPS) is 10.5. The van der Waals surface area contributed by atoms with Crippen molar-refractivity contribution in [3.05, 3.63) is 41.8 Å². The molecule has 0 saturated carbocycles. The Labute approximate surface area is 136 Å². The van der Waals surface area contributed by atoms with Crippen molar-refractivity contribution in [1.82, 2.24) is 20.2 Å². The van der Waals surface area contributed by atoms with Crippen molar-refractivity contribution >= 4 is 22.9 Å². The Bertz CT molecular complexity index is 785. The standard InChI is InChI=1S/C15H15N5O2S/c1-2-22-12-6-3-5-11(9-12)16-14(21)10-20-18-15(17-19-20)13-7-4-8-23-13/h3-9H,2,10H2,1H3,(H,16,21). The van der Waals surface area contributed by atoms with E-state index >= 15 is 0 Å². The van der Waals surface area contributed by atoms with Crippen LogP contribution in [0, 0.1) is 0 Å². The first-order valence-corrected chi connectivity index (χ1v) is 7.97. The summed E-state index contributed by atoms with van der Waals surface area (Å²) in [5.41, 5.74) is 0.666. The smallest absolute Gasteiger partial charge is 0.248 e. The van der Waals surface area contributed by atoms with Crippen molar-refractivity contribution in [2.75, 3.05) is 11.9 Å². The Morgan fingerprint density at radius 1 is 1.35 bits per heavy atom. The molecule has 0 unspecified atom stereocenters. The highest BCUT2D eigenvalue weighted by molar-refractivity contribution is 7.13. The minimum Gasteiger partial charge on any atom is -0.494 e. The van der Waals surface area contributed by atoms with Crippen LogP contribution in [0.15, 0.2) is 41.8 Å². The maximum Gasteiger partial charge on any atom is 0.248 e. The number of hydrogen-bond donors (Lipinski definition) is 1. The molecule has 3 aromatic rings. The third kappa shape index (κ3) is 3.92. The van der Waals surface area contributed by atoms with Crippen LogP contribution in [0.2, 0.25) is 0 Å². The maximum absolute atomic E-state index is 12.1. The van der Waals surface area contributed by atoms with E-state index in [0.717, 1.165) is 4.88 Å². The molecule has 1 aromatic carbocycles. The van der Waals surface area contributed by atoms with Gasteiger partial charge in [-0.15, -0.1) is 21.5 Å². The van der Waals surface area contributed by atoms with Gasteiger partial charge >= 0.3 is 0 Å². The van der Waals surface area contributed by atoms with Crippen molar-refractivity contribution in [2.24, 2.45) is 0 Å². The van der Waals surface area contributed by atoms with Gasteiger partial charge in [0, 0.05) is 11.8 Å². The average molecular weight is 329 g/mol. The first kappa shape index (κ1) is 15.2. The van der Waals surface area contributed by atoms with Crippen molar-refractivity contribution in [3.63, 3.8) is 0 Å². The van der Waals surface area contributed by atoms with Crippen molar-refractivity contribution in [1.29, 1.82) is 0 Å². The van der Waals surface area contributed by atoms with E-state index in [1.165, 1.54) is 16.1 Å². The third-order valence-corrected chi connectivity index (χ3v) is 3.77. The van der Waals surface area contributed by atoms with Gasteiger partial charge in [-0.05, 0) is 35.7 Å². The predicted octanol–water partition coefficient (Wildman–Crippen LogP) is 2.44. The van der Waals surface area contributed by atoms with Gasteiger partial charge in [-0.25, -0.2) is 0 Å². The fourth-order valence-electron chi connectivity index (χ4n) is 1.97. The molecule has 0 fully saturated rings. The number of thiophene rings is 1. The first-order valence-electron chi connectivity index (χ1n) is 7.09. The highest BCUT2D eigenvalue weighted by Gasteiger charge is 2.10. The number of carbonyl (C=O) groups excluding carboxylic acids is 1. The van der Waals surface area contributed by atoms with Gasteiger partial charge in [0.1, 0.15) is 12.3 Å². The Kier molecular flexibility index (Phi) is 4.62. The van der Waals surface area contributed by atoms with Gasteiger partial charge in [0.25, 0.3) is 0 Å². The van der Waals surface area contributed by atoms with E-state index in [-0.39, 0.29) is 12.5 Å². The summed E-state index contributed by atoms with van der Waals surface area (Å²) in [5.74, 6) is 1.00. The van der Waals surface area contributed by atoms with Gasteiger partial charge in [0.15, 0.2) is 0 Å². The molecule has 3 rings (SSSR count). The number of benzene rings is 1. The second-order valence-corrected chi connectivity index (χ2v) is 5.58. The van der Waals surface area contributed by atoms with E-state index in [1.807, 2.05) is 36.6 Å². The second kappa shape index (κ2) is 7.01. The summed E-state index contributed by atoms with van der Waals surface area (Å²) in [4.78, 5) is 14.3. The number of tetrazole rings is 1. The zero-order chi connectivity index (χ0) is 16.1. The van der Waals surface area contributed by atoms with Crippen LogP contribution in [0.4, 0.5) is 5.69 Å². The number of ether oxygens (including phenoxy) is 1. The molecule has 7 nitrogen and oxygen atoms in total. The molecule has 0 atom stereocenters. The first-order chi connectivity index (χ1) is 11.2. The summed E-state index contributed by atoms with van der Waals surface area (Å²) in [6.45, 7) is 2.48. The van der Waals surface area contributed by atoms with Gasteiger partial charge in [-0.2, -0.15) is 4.80 Å². The van der Waals surface area contributed by atoms with Crippen molar-refractivity contribution in [3.8, 4) is 16.5 Å². The van der Waals surface area contributed by atoms with Crippen LogP contribution in [0.1, 0.15) is 6.92 Å². The summed E-state index contributed by atoms with van der Waals surface area (Å²) >= 11 is 1.52. The molecule has 0 aliphatic rings. The second-order valence-electron chi connectivity index (χ2n) is 4.63. The minimum absolute atomic E-state index is 0.00274. The number of rotatable bonds is 6. The topological polar surface area (TPSA) is 81.9 Å². The molecule has 0 aliphatic heterocycles. The van der Waals surface area contributed by atoms with Crippen LogP contribution in [0.25, 0.3) is 10.7 Å². The van der Waals surface area contributed by atoms with E-state index in [9.17, 15) is 4.79 Å². The predicted molar refractivity (Wildman–Crippen MR) is 87.4 cm³/mol. The van der Waals surface area contributed by atoms with E-state index < -0.39 is 0 Å². The molecule has 2 heterocycles. The number of nitrogens with one attached hydrogen (secondary N) is 1. The summed E-state index contributed by atoms with van der Waals surface area (Å²) in [6.07, 6.45) is 0. The Morgan fingerprint density at radius 2 is 2.26 bits per heavy atom. The lowest BCUT2D eigenvalue weighted by molar-refractivity contribution is -0.117. The number of amides is 1. The maximum atomic E-state index is 12.1. The monoisotopic (exact) mass is 329 g/mol. The minimum atomic E-state index is -0.228.